The normalized spacial score (nSPS) is 18.0. The molecule has 1 fully saturated rings. The van der Waals surface area contributed by atoms with Gasteiger partial charge in [0.1, 0.15) is 5.69 Å². The molecule has 10 heteroatoms. The molecule has 1 unspecified atom stereocenters. The molecule has 0 bridgehead atoms. The molecule has 1 N–H and O–H groups in total. The highest BCUT2D eigenvalue weighted by Crippen LogP contribution is 2.40. The fourth-order valence-electron chi connectivity index (χ4n) is 3.96. The first kappa shape index (κ1) is 21.3. The molecule has 0 aromatic carbocycles. The number of hydrogen-bond acceptors (Lipinski definition) is 5. The molecule has 1 aliphatic rings. The van der Waals surface area contributed by atoms with E-state index in [9.17, 15) is 18.0 Å². The first-order valence-corrected chi connectivity index (χ1v) is 10.1. The van der Waals surface area contributed by atoms with E-state index in [1.54, 1.807) is 11.0 Å². The van der Waals surface area contributed by atoms with Gasteiger partial charge >= 0.3 is 6.18 Å². The van der Waals surface area contributed by atoms with Gasteiger partial charge in [0.2, 0.25) is 0 Å². The number of carbonyl (C=O) groups is 1. The van der Waals surface area contributed by atoms with Crippen molar-refractivity contribution in [1.29, 1.82) is 0 Å². The summed E-state index contributed by atoms with van der Waals surface area (Å²) in [6.07, 6.45) is -3.32. The second-order valence-corrected chi connectivity index (χ2v) is 9.06. The summed E-state index contributed by atoms with van der Waals surface area (Å²) < 4.78 is 46.2. The highest BCUT2D eigenvalue weighted by molar-refractivity contribution is 5.92. The third-order valence-electron chi connectivity index (χ3n) is 5.61. The number of nitrogens with one attached hydrogen (secondary N) is 1. The minimum atomic E-state index is -4.56. The molecule has 0 spiro atoms. The molecular formula is C21H24F3N5O2. The van der Waals surface area contributed by atoms with Crippen molar-refractivity contribution in [1.82, 2.24) is 25.2 Å². The smallest absolute Gasteiger partial charge is 0.337 e. The van der Waals surface area contributed by atoms with E-state index in [4.69, 9.17) is 4.52 Å². The molecule has 3 aromatic rings. The van der Waals surface area contributed by atoms with Crippen LogP contribution in [-0.2, 0) is 11.6 Å². The van der Waals surface area contributed by atoms with Crippen molar-refractivity contribution in [3.8, 4) is 0 Å². The van der Waals surface area contributed by atoms with Crippen LogP contribution < -0.4 is 0 Å². The predicted octanol–water partition coefficient (Wildman–Crippen LogP) is 4.59. The number of aromatic amines is 1. The molecule has 1 atom stereocenters. The Hall–Kier alpha value is -2.91. The van der Waals surface area contributed by atoms with E-state index in [2.05, 4.69) is 20.3 Å². The average molecular weight is 435 g/mol. The van der Waals surface area contributed by atoms with Gasteiger partial charge in [0.25, 0.3) is 11.6 Å². The summed E-state index contributed by atoms with van der Waals surface area (Å²) in [5.74, 6) is -0.639. The van der Waals surface area contributed by atoms with Gasteiger partial charge in [0.05, 0.1) is 16.6 Å². The van der Waals surface area contributed by atoms with E-state index >= 15 is 0 Å². The van der Waals surface area contributed by atoms with Crippen LogP contribution in [0, 0.1) is 6.92 Å². The molecule has 1 aliphatic heterocycles. The van der Waals surface area contributed by atoms with Gasteiger partial charge in [0.15, 0.2) is 0 Å². The Morgan fingerprint density at radius 3 is 2.65 bits per heavy atom. The summed E-state index contributed by atoms with van der Waals surface area (Å²) in [4.78, 5) is 18.7. The number of H-pyrrole nitrogens is 1. The summed E-state index contributed by atoms with van der Waals surface area (Å²) in [5.41, 5.74) is 0.409. The van der Waals surface area contributed by atoms with Crippen LogP contribution in [0.5, 0.6) is 0 Å². The highest BCUT2D eigenvalue weighted by atomic mass is 19.4. The van der Waals surface area contributed by atoms with Crippen LogP contribution in [0.15, 0.2) is 16.7 Å². The summed E-state index contributed by atoms with van der Waals surface area (Å²) in [6, 6.07) is 2.73. The van der Waals surface area contributed by atoms with E-state index < -0.39 is 11.7 Å². The van der Waals surface area contributed by atoms with Crippen molar-refractivity contribution in [3.05, 3.63) is 40.5 Å². The maximum Gasteiger partial charge on any atom is 0.417 e. The number of carbonyl (C=O) groups excluding carboxylic acids is 1. The lowest BCUT2D eigenvalue weighted by Crippen LogP contribution is -2.39. The molecule has 4 heterocycles. The van der Waals surface area contributed by atoms with Gasteiger partial charge in [-0.2, -0.15) is 18.3 Å². The quantitative estimate of drug-likeness (QED) is 0.636. The second kappa shape index (κ2) is 7.35. The third-order valence-corrected chi connectivity index (χ3v) is 5.61. The Labute approximate surface area is 177 Å². The van der Waals surface area contributed by atoms with Crippen LogP contribution in [0.1, 0.15) is 72.7 Å². The number of hydrogen-bond donors (Lipinski definition) is 1. The number of amides is 1. The van der Waals surface area contributed by atoms with E-state index in [1.807, 2.05) is 20.8 Å². The minimum Gasteiger partial charge on any atom is -0.337 e. The number of nitrogens with zero attached hydrogens (tertiary/aromatic N) is 4. The van der Waals surface area contributed by atoms with Crippen molar-refractivity contribution in [2.24, 2.45) is 0 Å². The molecule has 0 aliphatic carbocycles. The molecule has 1 saturated heterocycles. The number of aromatic nitrogens is 4. The van der Waals surface area contributed by atoms with Crippen LogP contribution in [0.3, 0.4) is 0 Å². The second-order valence-electron chi connectivity index (χ2n) is 9.06. The minimum absolute atomic E-state index is 0.118. The van der Waals surface area contributed by atoms with Gasteiger partial charge in [0, 0.05) is 35.8 Å². The number of alkyl halides is 3. The average Bonchev–Trinajstić information content (AvgIpc) is 3.33. The van der Waals surface area contributed by atoms with Crippen molar-refractivity contribution < 1.29 is 22.5 Å². The molecule has 31 heavy (non-hydrogen) atoms. The first-order chi connectivity index (χ1) is 14.4. The Balaban J connectivity index is 1.64. The molecular weight excluding hydrogens is 411 g/mol. The maximum absolute atomic E-state index is 13.7. The fraction of sp³-hybridized carbons (Fsp3) is 0.524. The number of piperidine rings is 1. The molecule has 4 rings (SSSR count). The van der Waals surface area contributed by atoms with Crippen molar-refractivity contribution in [2.45, 2.75) is 58.0 Å². The van der Waals surface area contributed by atoms with Crippen LogP contribution in [0.25, 0.3) is 11.1 Å². The van der Waals surface area contributed by atoms with Gasteiger partial charge in [-0.3, -0.25) is 9.89 Å². The van der Waals surface area contributed by atoms with Crippen molar-refractivity contribution >= 4 is 17.0 Å². The number of aryl methyl sites for hydroxylation is 1. The van der Waals surface area contributed by atoms with Gasteiger partial charge in [-0.05, 0) is 31.9 Å². The monoisotopic (exact) mass is 435 g/mol. The summed E-state index contributed by atoms with van der Waals surface area (Å²) >= 11 is 0. The zero-order chi connectivity index (χ0) is 22.6. The number of fused-ring (bicyclic) bond motifs is 1. The van der Waals surface area contributed by atoms with Gasteiger partial charge in [-0.15, -0.1) is 0 Å². The van der Waals surface area contributed by atoms with Crippen LogP contribution in [0.4, 0.5) is 13.2 Å². The van der Waals surface area contributed by atoms with Crippen LogP contribution in [-0.4, -0.2) is 44.2 Å². The summed E-state index contributed by atoms with van der Waals surface area (Å²) in [5, 5.41) is 10.9. The lowest BCUT2D eigenvalue weighted by molar-refractivity contribution is -0.136. The first-order valence-electron chi connectivity index (χ1n) is 10.1. The highest BCUT2D eigenvalue weighted by Gasteiger charge is 2.38. The predicted molar refractivity (Wildman–Crippen MR) is 107 cm³/mol. The Morgan fingerprint density at radius 2 is 2.00 bits per heavy atom. The Bertz CT molecular complexity index is 1130. The van der Waals surface area contributed by atoms with Gasteiger partial charge in [-0.25, -0.2) is 4.98 Å². The topological polar surface area (TPSA) is 87.9 Å². The summed E-state index contributed by atoms with van der Waals surface area (Å²) in [7, 11) is 0. The fourth-order valence-corrected chi connectivity index (χ4v) is 3.96. The molecule has 166 valence electrons. The number of likely N-dealkylation sites (tertiary alicyclic amines) is 1. The zero-order valence-electron chi connectivity index (χ0n) is 17.8. The van der Waals surface area contributed by atoms with E-state index in [-0.39, 0.29) is 46.3 Å². The largest absolute Gasteiger partial charge is 0.417 e. The molecule has 1 amide bonds. The SMILES string of the molecule is Cc1cc(C(F)(F)F)c2c(C3CCCN(C(=O)c4cc(C(C)(C)C)[nH]n4)C3)noc2n1. The van der Waals surface area contributed by atoms with Crippen LogP contribution >= 0.6 is 0 Å². The van der Waals surface area contributed by atoms with Gasteiger partial charge in [-0.1, -0.05) is 25.9 Å². The number of halogens is 3. The molecule has 7 nitrogen and oxygen atoms in total. The van der Waals surface area contributed by atoms with E-state index in [0.29, 0.717) is 25.1 Å². The third kappa shape index (κ3) is 4.03. The lowest BCUT2D eigenvalue weighted by Gasteiger charge is -2.31. The number of rotatable bonds is 2. The van der Waals surface area contributed by atoms with E-state index in [0.717, 1.165) is 11.8 Å². The van der Waals surface area contributed by atoms with Crippen molar-refractivity contribution in [2.75, 3.05) is 13.1 Å². The van der Waals surface area contributed by atoms with Crippen LogP contribution in [0.2, 0.25) is 0 Å². The summed E-state index contributed by atoms with van der Waals surface area (Å²) in [6.45, 7) is 8.25. The molecule has 0 saturated carbocycles. The molecule has 0 radical (unpaired) electrons. The maximum atomic E-state index is 13.7. The standard InChI is InChI=1S/C21H24F3N5O2/c1-11-8-13(21(22,23)24)16-17(28-31-18(16)25-11)12-6-5-7-29(10-12)19(30)14-9-15(27-26-14)20(2,3)4/h8-9,12H,5-7,10H2,1-4H3,(H,26,27). The Morgan fingerprint density at radius 1 is 1.26 bits per heavy atom. The zero-order valence-corrected chi connectivity index (χ0v) is 17.8. The van der Waals surface area contributed by atoms with Crippen molar-refractivity contribution in [3.63, 3.8) is 0 Å². The molecule has 3 aromatic heterocycles. The van der Waals surface area contributed by atoms with Gasteiger partial charge < -0.3 is 9.42 Å². The number of pyridine rings is 1. The lowest BCUT2D eigenvalue weighted by atomic mass is 9.91. The van der Waals surface area contributed by atoms with E-state index in [1.165, 1.54) is 6.92 Å². The Kier molecular flexibility index (Phi) is 5.06.